The van der Waals surface area contributed by atoms with Gasteiger partial charge in [-0.2, -0.15) is 0 Å². The zero-order valence-corrected chi connectivity index (χ0v) is 12.7. The Balaban J connectivity index is 3.00. The molecule has 1 aromatic rings. The molecule has 0 saturated carbocycles. The van der Waals surface area contributed by atoms with Crippen LogP contribution in [0.1, 0.15) is 39.2 Å². The van der Waals surface area contributed by atoms with Crippen LogP contribution >= 0.6 is 11.6 Å². The molecule has 0 amide bonds. The Bertz CT molecular complexity index is 377. The van der Waals surface area contributed by atoms with Gasteiger partial charge < -0.3 is 10.6 Å². The Kier molecular flexibility index (Phi) is 5.97. The van der Waals surface area contributed by atoms with Gasteiger partial charge in [-0.15, -0.1) is 0 Å². The second-order valence-electron chi connectivity index (χ2n) is 5.20. The Hall–Kier alpha value is -0.730. The van der Waals surface area contributed by atoms with Gasteiger partial charge in [-0.25, -0.2) is 0 Å². The van der Waals surface area contributed by atoms with Crippen LogP contribution in [0.2, 0.25) is 5.02 Å². The summed E-state index contributed by atoms with van der Waals surface area (Å²) in [6.07, 6.45) is 3.25. The molecule has 1 rings (SSSR count). The Morgan fingerprint density at radius 3 is 2.56 bits per heavy atom. The number of rotatable bonds is 6. The summed E-state index contributed by atoms with van der Waals surface area (Å²) in [6, 6.07) is 6.77. The van der Waals surface area contributed by atoms with Gasteiger partial charge in [-0.1, -0.05) is 31.0 Å². The quantitative estimate of drug-likeness (QED) is 0.849. The van der Waals surface area contributed by atoms with E-state index in [-0.39, 0.29) is 6.04 Å². The predicted octanol–water partition coefficient (Wildman–Crippen LogP) is 3.85. The minimum absolute atomic E-state index is 0.166. The van der Waals surface area contributed by atoms with Crippen LogP contribution in [0.5, 0.6) is 0 Å². The Morgan fingerprint density at radius 2 is 2.00 bits per heavy atom. The highest BCUT2D eigenvalue weighted by Crippen LogP contribution is 2.27. The second kappa shape index (κ2) is 7.01. The minimum Gasteiger partial charge on any atom is -0.372 e. The monoisotopic (exact) mass is 268 g/mol. The molecule has 0 bridgehead atoms. The highest BCUT2D eigenvalue weighted by Gasteiger charge is 2.14. The standard InChI is InChI=1S/C15H25ClN2/c1-5-6-12(3)18(4)15-10-14(16)8-7-13(15)9-11(2)17/h7-8,10-12H,5-6,9,17H2,1-4H3. The van der Waals surface area contributed by atoms with Crippen molar-refractivity contribution in [2.75, 3.05) is 11.9 Å². The largest absolute Gasteiger partial charge is 0.372 e. The van der Waals surface area contributed by atoms with Crippen LogP contribution in [0.3, 0.4) is 0 Å². The van der Waals surface area contributed by atoms with E-state index in [4.69, 9.17) is 17.3 Å². The van der Waals surface area contributed by atoms with Gasteiger partial charge in [0.2, 0.25) is 0 Å². The highest BCUT2D eigenvalue weighted by atomic mass is 35.5. The van der Waals surface area contributed by atoms with E-state index in [2.05, 4.69) is 31.9 Å². The van der Waals surface area contributed by atoms with Gasteiger partial charge in [-0.3, -0.25) is 0 Å². The molecule has 0 aliphatic heterocycles. The van der Waals surface area contributed by atoms with E-state index in [1.807, 2.05) is 19.1 Å². The van der Waals surface area contributed by atoms with E-state index in [0.29, 0.717) is 6.04 Å². The van der Waals surface area contributed by atoms with Gasteiger partial charge in [0.05, 0.1) is 0 Å². The van der Waals surface area contributed by atoms with Gasteiger partial charge in [-0.05, 0) is 44.4 Å². The van der Waals surface area contributed by atoms with Gasteiger partial charge in [0.1, 0.15) is 0 Å². The smallest absolute Gasteiger partial charge is 0.0426 e. The lowest BCUT2D eigenvalue weighted by molar-refractivity contribution is 0.612. The lowest BCUT2D eigenvalue weighted by Gasteiger charge is -2.29. The zero-order valence-electron chi connectivity index (χ0n) is 11.9. The zero-order chi connectivity index (χ0) is 13.7. The van der Waals surface area contributed by atoms with Crippen molar-refractivity contribution in [3.8, 4) is 0 Å². The van der Waals surface area contributed by atoms with Crippen molar-refractivity contribution in [1.82, 2.24) is 0 Å². The molecular formula is C15H25ClN2. The van der Waals surface area contributed by atoms with Gasteiger partial charge in [0.25, 0.3) is 0 Å². The van der Waals surface area contributed by atoms with Crippen LogP contribution in [0.15, 0.2) is 18.2 Å². The molecule has 3 heteroatoms. The van der Waals surface area contributed by atoms with Gasteiger partial charge >= 0.3 is 0 Å². The first kappa shape index (κ1) is 15.3. The number of anilines is 1. The molecule has 0 aliphatic rings. The summed E-state index contributed by atoms with van der Waals surface area (Å²) in [6.45, 7) is 6.50. The average Bonchev–Trinajstić information content (AvgIpc) is 2.30. The topological polar surface area (TPSA) is 29.3 Å². The maximum absolute atomic E-state index is 6.12. The van der Waals surface area contributed by atoms with Crippen LogP contribution in [0, 0.1) is 0 Å². The lowest BCUT2D eigenvalue weighted by Crippen LogP contribution is -2.30. The molecule has 0 saturated heterocycles. The summed E-state index contributed by atoms with van der Waals surface area (Å²) >= 11 is 6.12. The number of nitrogens with two attached hydrogens (primary N) is 1. The fourth-order valence-electron chi connectivity index (χ4n) is 2.23. The number of benzene rings is 1. The maximum atomic E-state index is 6.12. The first-order valence-corrected chi connectivity index (χ1v) is 7.10. The van der Waals surface area contributed by atoms with Gasteiger partial charge in [0, 0.05) is 29.8 Å². The van der Waals surface area contributed by atoms with Crippen molar-refractivity contribution in [2.24, 2.45) is 5.73 Å². The Labute approximate surface area is 116 Å². The molecule has 0 aromatic heterocycles. The SMILES string of the molecule is CCCC(C)N(C)c1cc(Cl)ccc1CC(C)N. The first-order valence-electron chi connectivity index (χ1n) is 6.72. The molecule has 0 spiro atoms. The summed E-state index contributed by atoms with van der Waals surface area (Å²) in [4.78, 5) is 2.31. The second-order valence-corrected chi connectivity index (χ2v) is 5.64. The van der Waals surface area contributed by atoms with Crippen LogP contribution in [0.25, 0.3) is 0 Å². The molecule has 18 heavy (non-hydrogen) atoms. The number of hydrogen-bond acceptors (Lipinski definition) is 2. The van der Waals surface area contributed by atoms with Crippen molar-refractivity contribution >= 4 is 17.3 Å². The van der Waals surface area contributed by atoms with E-state index in [1.165, 1.54) is 24.1 Å². The summed E-state index contributed by atoms with van der Waals surface area (Å²) in [5.41, 5.74) is 8.40. The van der Waals surface area contributed by atoms with E-state index >= 15 is 0 Å². The molecule has 2 unspecified atom stereocenters. The van der Waals surface area contributed by atoms with E-state index in [9.17, 15) is 0 Å². The molecule has 0 radical (unpaired) electrons. The number of hydrogen-bond donors (Lipinski definition) is 1. The van der Waals surface area contributed by atoms with Crippen LogP contribution in [-0.2, 0) is 6.42 Å². The summed E-state index contributed by atoms with van der Waals surface area (Å²) in [5.74, 6) is 0. The van der Waals surface area contributed by atoms with E-state index in [1.54, 1.807) is 0 Å². The predicted molar refractivity (Wildman–Crippen MR) is 81.6 cm³/mol. The number of halogens is 1. The Morgan fingerprint density at radius 1 is 1.33 bits per heavy atom. The third kappa shape index (κ3) is 4.18. The third-order valence-electron chi connectivity index (χ3n) is 3.34. The normalized spacial score (nSPS) is 14.3. The third-order valence-corrected chi connectivity index (χ3v) is 3.57. The number of nitrogens with zero attached hydrogens (tertiary/aromatic N) is 1. The highest BCUT2D eigenvalue weighted by molar-refractivity contribution is 6.30. The molecule has 2 atom stereocenters. The fourth-order valence-corrected chi connectivity index (χ4v) is 2.40. The molecule has 2 nitrogen and oxygen atoms in total. The van der Waals surface area contributed by atoms with E-state index < -0.39 is 0 Å². The fraction of sp³-hybridized carbons (Fsp3) is 0.600. The summed E-state index contributed by atoms with van der Waals surface area (Å²) in [7, 11) is 2.14. The van der Waals surface area contributed by atoms with Crippen molar-refractivity contribution in [3.63, 3.8) is 0 Å². The van der Waals surface area contributed by atoms with Crippen molar-refractivity contribution in [2.45, 2.75) is 52.1 Å². The average molecular weight is 269 g/mol. The molecule has 2 N–H and O–H groups in total. The molecular weight excluding hydrogens is 244 g/mol. The first-order chi connectivity index (χ1) is 8.45. The molecule has 0 heterocycles. The molecule has 1 aromatic carbocycles. The van der Waals surface area contributed by atoms with Crippen molar-refractivity contribution < 1.29 is 0 Å². The lowest BCUT2D eigenvalue weighted by atomic mass is 10.0. The van der Waals surface area contributed by atoms with Crippen LogP contribution < -0.4 is 10.6 Å². The van der Waals surface area contributed by atoms with Crippen molar-refractivity contribution in [1.29, 1.82) is 0 Å². The molecule has 0 aliphatic carbocycles. The van der Waals surface area contributed by atoms with Crippen LogP contribution in [0.4, 0.5) is 5.69 Å². The minimum atomic E-state index is 0.166. The summed E-state index contributed by atoms with van der Waals surface area (Å²) < 4.78 is 0. The van der Waals surface area contributed by atoms with Crippen LogP contribution in [-0.4, -0.2) is 19.1 Å². The maximum Gasteiger partial charge on any atom is 0.0426 e. The van der Waals surface area contributed by atoms with Crippen molar-refractivity contribution in [3.05, 3.63) is 28.8 Å². The molecule has 102 valence electrons. The summed E-state index contributed by atoms with van der Waals surface area (Å²) in [5, 5.41) is 0.786. The van der Waals surface area contributed by atoms with E-state index in [0.717, 1.165) is 11.4 Å². The van der Waals surface area contributed by atoms with Gasteiger partial charge in [0.15, 0.2) is 0 Å². The molecule has 0 fully saturated rings.